The van der Waals surface area contributed by atoms with Crippen LogP contribution in [-0.2, 0) is 22.4 Å². The minimum absolute atomic E-state index is 0.0379. The zero-order valence-corrected chi connectivity index (χ0v) is 17.6. The fourth-order valence-corrected chi connectivity index (χ4v) is 4.09. The predicted octanol–water partition coefficient (Wildman–Crippen LogP) is 3.66. The third-order valence-electron chi connectivity index (χ3n) is 5.69. The predicted molar refractivity (Wildman–Crippen MR) is 117 cm³/mol. The van der Waals surface area contributed by atoms with Crippen LogP contribution in [0.5, 0.6) is 0 Å². The van der Waals surface area contributed by atoms with Crippen LogP contribution in [0.2, 0.25) is 0 Å². The van der Waals surface area contributed by atoms with E-state index in [0.29, 0.717) is 0 Å². The first-order valence-corrected chi connectivity index (χ1v) is 10.4. The van der Waals surface area contributed by atoms with E-state index in [4.69, 9.17) is 0 Å². The third kappa shape index (κ3) is 5.24. The van der Waals surface area contributed by atoms with Crippen molar-refractivity contribution in [3.63, 3.8) is 0 Å². The molecule has 2 aromatic rings. The molecule has 1 unspecified atom stereocenters. The van der Waals surface area contributed by atoms with Gasteiger partial charge in [-0.25, -0.2) is 0 Å². The molecule has 0 saturated carbocycles. The maximum Gasteiger partial charge on any atom is 0.238 e. The number of carbonyl (C=O) groups excluding carboxylic acids is 2. The fraction of sp³-hybridized carbons (Fsp3) is 0.417. The van der Waals surface area contributed by atoms with Crippen molar-refractivity contribution in [2.24, 2.45) is 0 Å². The van der Waals surface area contributed by atoms with E-state index in [1.165, 1.54) is 11.1 Å². The topological polar surface area (TPSA) is 52.7 Å². The minimum Gasteiger partial charge on any atom is -0.338 e. The Kier molecular flexibility index (Phi) is 7.04. The van der Waals surface area contributed by atoms with E-state index in [-0.39, 0.29) is 30.9 Å². The van der Waals surface area contributed by atoms with Crippen LogP contribution in [-0.4, -0.2) is 48.8 Å². The standard InChI is InChI=1S/C24H31N3O2/c1-4-18-10-6-8-14-21(18)25-23(28)16-26(2)17-24(29)27(3)22-15-9-12-19-11-5-7-13-20(19)22/h5-8,10-11,13-14,22H,4,9,12,15-17H2,1-3H3,(H,25,28). The number of hydrogen-bond donors (Lipinski definition) is 1. The van der Waals surface area contributed by atoms with E-state index in [2.05, 4.69) is 30.4 Å². The number of nitrogens with one attached hydrogen (secondary N) is 1. The Labute approximate surface area is 173 Å². The highest BCUT2D eigenvalue weighted by Gasteiger charge is 2.27. The SMILES string of the molecule is CCc1ccccc1NC(=O)CN(C)CC(=O)N(C)C1CCCc2ccccc21. The lowest BCUT2D eigenvalue weighted by molar-refractivity contribution is -0.133. The van der Waals surface area contributed by atoms with Gasteiger partial charge in [0, 0.05) is 12.7 Å². The van der Waals surface area contributed by atoms with Gasteiger partial charge in [0.2, 0.25) is 11.8 Å². The van der Waals surface area contributed by atoms with Crippen molar-refractivity contribution in [1.82, 2.24) is 9.80 Å². The van der Waals surface area contributed by atoms with Crippen molar-refractivity contribution in [3.8, 4) is 0 Å². The van der Waals surface area contributed by atoms with Crippen molar-refractivity contribution in [2.45, 2.75) is 38.6 Å². The molecule has 5 heteroatoms. The van der Waals surface area contributed by atoms with E-state index in [1.807, 2.05) is 49.3 Å². The first-order chi connectivity index (χ1) is 14.0. The molecule has 2 aromatic carbocycles. The van der Waals surface area contributed by atoms with Gasteiger partial charge >= 0.3 is 0 Å². The molecule has 5 nitrogen and oxygen atoms in total. The number of benzene rings is 2. The molecule has 0 saturated heterocycles. The summed E-state index contributed by atoms with van der Waals surface area (Å²) in [7, 11) is 3.69. The van der Waals surface area contributed by atoms with Gasteiger partial charge in [-0.15, -0.1) is 0 Å². The molecule has 0 bridgehead atoms. The molecule has 1 aliphatic rings. The number of nitrogens with zero attached hydrogens (tertiary/aromatic N) is 2. The Morgan fingerprint density at radius 3 is 2.55 bits per heavy atom. The number of carbonyl (C=O) groups is 2. The molecule has 154 valence electrons. The van der Waals surface area contributed by atoms with Gasteiger partial charge in [0.05, 0.1) is 19.1 Å². The lowest BCUT2D eigenvalue weighted by Crippen LogP contribution is -2.42. The molecule has 0 heterocycles. The van der Waals surface area contributed by atoms with Crippen LogP contribution in [0.25, 0.3) is 0 Å². The number of amides is 2. The van der Waals surface area contributed by atoms with Gasteiger partial charge in [-0.3, -0.25) is 14.5 Å². The maximum absolute atomic E-state index is 12.9. The Morgan fingerprint density at radius 1 is 1.03 bits per heavy atom. The average Bonchev–Trinajstić information content (AvgIpc) is 2.72. The molecule has 0 fully saturated rings. The molecule has 1 atom stereocenters. The van der Waals surface area contributed by atoms with Gasteiger partial charge in [0.25, 0.3) is 0 Å². The maximum atomic E-state index is 12.9. The highest BCUT2D eigenvalue weighted by atomic mass is 16.2. The molecular formula is C24H31N3O2. The first-order valence-electron chi connectivity index (χ1n) is 10.4. The lowest BCUT2D eigenvalue weighted by Gasteiger charge is -2.34. The van der Waals surface area contributed by atoms with Crippen molar-refractivity contribution >= 4 is 17.5 Å². The van der Waals surface area contributed by atoms with Gasteiger partial charge in [-0.1, -0.05) is 49.4 Å². The van der Waals surface area contributed by atoms with Gasteiger partial charge < -0.3 is 10.2 Å². The molecule has 0 spiro atoms. The Bertz CT molecular complexity index is 865. The minimum atomic E-state index is -0.105. The summed E-state index contributed by atoms with van der Waals surface area (Å²) >= 11 is 0. The van der Waals surface area contributed by atoms with Crippen molar-refractivity contribution in [1.29, 1.82) is 0 Å². The molecule has 1 aliphatic carbocycles. The van der Waals surface area contributed by atoms with Gasteiger partial charge in [-0.05, 0) is 55.5 Å². The smallest absolute Gasteiger partial charge is 0.238 e. The van der Waals surface area contributed by atoms with Crippen molar-refractivity contribution in [3.05, 3.63) is 65.2 Å². The summed E-state index contributed by atoms with van der Waals surface area (Å²) in [6.45, 7) is 2.46. The van der Waals surface area contributed by atoms with Crippen LogP contribution in [0.1, 0.15) is 42.5 Å². The van der Waals surface area contributed by atoms with Crippen LogP contribution < -0.4 is 5.32 Å². The molecule has 2 amide bonds. The highest BCUT2D eigenvalue weighted by molar-refractivity contribution is 5.93. The van der Waals surface area contributed by atoms with Crippen LogP contribution in [0.3, 0.4) is 0 Å². The fourth-order valence-electron chi connectivity index (χ4n) is 4.09. The molecule has 29 heavy (non-hydrogen) atoms. The van der Waals surface area contributed by atoms with Crippen molar-refractivity contribution in [2.75, 3.05) is 32.5 Å². The zero-order chi connectivity index (χ0) is 20.8. The van der Waals surface area contributed by atoms with Crippen LogP contribution in [0.4, 0.5) is 5.69 Å². The Hall–Kier alpha value is -2.66. The molecule has 3 rings (SSSR count). The summed E-state index contributed by atoms with van der Waals surface area (Å²) < 4.78 is 0. The van der Waals surface area contributed by atoms with E-state index in [9.17, 15) is 9.59 Å². The largest absolute Gasteiger partial charge is 0.338 e. The van der Waals surface area contributed by atoms with Gasteiger partial charge in [0.1, 0.15) is 0 Å². The number of rotatable bonds is 7. The summed E-state index contributed by atoms with van der Waals surface area (Å²) in [6.07, 6.45) is 4.01. The zero-order valence-electron chi connectivity index (χ0n) is 17.6. The summed E-state index contributed by atoms with van der Waals surface area (Å²) in [5.41, 5.74) is 4.54. The second kappa shape index (κ2) is 9.70. The van der Waals surface area contributed by atoms with Crippen LogP contribution in [0.15, 0.2) is 48.5 Å². The van der Waals surface area contributed by atoms with E-state index in [1.54, 1.807) is 4.90 Å². The average molecular weight is 394 g/mol. The molecule has 1 N–H and O–H groups in total. The number of likely N-dealkylation sites (N-methyl/N-ethyl adjacent to an activating group) is 2. The van der Waals surface area contributed by atoms with Gasteiger partial charge in [-0.2, -0.15) is 0 Å². The van der Waals surface area contributed by atoms with Crippen LogP contribution >= 0.6 is 0 Å². The lowest BCUT2D eigenvalue weighted by atomic mass is 9.87. The van der Waals surface area contributed by atoms with E-state index < -0.39 is 0 Å². The number of para-hydroxylation sites is 1. The quantitative estimate of drug-likeness (QED) is 0.781. The first kappa shape index (κ1) is 21.1. The number of hydrogen-bond acceptors (Lipinski definition) is 3. The monoisotopic (exact) mass is 393 g/mol. The van der Waals surface area contributed by atoms with E-state index in [0.717, 1.165) is 36.9 Å². The molecular weight excluding hydrogens is 362 g/mol. The summed E-state index contributed by atoms with van der Waals surface area (Å²) in [5, 5.41) is 2.97. The normalized spacial score (nSPS) is 15.7. The Balaban J connectivity index is 1.56. The number of fused-ring (bicyclic) bond motifs is 1. The molecule has 0 radical (unpaired) electrons. The molecule has 0 aliphatic heterocycles. The number of aryl methyl sites for hydroxylation is 2. The summed E-state index contributed by atoms with van der Waals surface area (Å²) in [4.78, 5) is 28.9. The summed E-state index contributed by atoms with van der Waals surface area (Å²) in [6, 6.07) is 16.3. The molecule has 0 aromatic heterocycles. The summed E-state index contributed by atoms with van der Waals surface area (Å²) in [5.74, 6) is -0.0668. The number of anilines is 1. The van der Waals surface area contributed by atoms with E-state index >= 15 is 0 Å². The highest BCUT2D eigenvalue weighted by Crippen LogP contribution is 2.33. The second-order valence-electron chi connectivity index (χ2n) is 7.84. The van der Waals surface area contributed by atoms with Crippen molar-refractivity contribution < 1.29 is 9.59 Å². The second-order valence-corrected chi connectivity index (χ2v) is 7.84. The van der Waals surface area contributed by atoms with Crippen LogP contribution in [0, 0.1) is 0 Å². The Morgan fingerprint density at radius 2 is 1.76 bits per heavy atom. The van der Waals surface area contributed by atoms with Gasteiger partial charge in [0.15, 0.2) is 0 Å². The third-order valence-corrected chi connectivity index (χ3v) is 5.69.